The fourth-order valence-electron chi connectivity index (χ4n) is 2.01. The minimum absolute atomic E-state index is 0.180. The second-order valence-electron chi connectivity index (χ2n) is 3.88. The Bertz CT molecular complexity index is 338. The van der Waals surface area contributed by atoms with Crippen molar-refractivity contribution in [3.63, 3.8) is 0 Å². The first kappa shape index (κ1) is 9.49. The van der Waals surface area contributed by atoms with Gasteiger partial charge in [0.05, 0.1) is 6.10 Å². The number of hydrogen-bond acceptors (Lipinski definition) is 3. The Morgan fingerprint density at radius 3 is 2.93 bits per heavy atom. The first-order chi connectivity index (χ1) is 6.68. The number of fused-ring (bicyclic) bond motifs is 1. The Balaban J connectivity index is 2.43. The highest BCUT2D eigenvalue weighted by molar-refractivity contribution is 5.37. The van der Waals surface area contributed by atoms with Gasteiger partial charge in [0, 0.05) is 6.04 Å². The molecule has 76 valence electrons. The van der Waals surface area contributed by atoms with E-state index in [2.05, 4.69) is 0 Å². The maximum atomic E-state index is 9.89. The van der Waals surface area contributed by atoms with E-state index < -0.39 is 6.10 Å². The van der Waals surface area contributed by atoms with E-state index >= 15 is 0 Å². The zero-order chi connectivity index (χ0) is 10.1. The summed E-state index contributed by atoms with van der Waals surface area (Å²) in [5, 5.41) is 19.2. The molecule has 0 spiro atoms. The van der Waals surface area contributed by atoms with Crippen LogP contribution in [-0.4, -0.2) is 16.3 Å². The third kappa shape index (κ3) is 1.61. The van der Waals surface area contributed by atoms with Crippen molar-refractivity contribution in [2.24, 2.45) is 5.73 Å². The normalized spacial score (nSPS) is 26.7. The summed E-state index contributed by atoms with van der Waals surface area (Å²) in [6.07, 6.45) is 2.09. The predicted octanol–water partition coefficient (Wildman–Crippen LogP) is 1.09. The number of nitrogens with two attached hydrogens (primary N) is 1. The highest BCUT2D eigenvalue weighted by Crippen LogP contribution is 2.29. The van der Waals surface area contributed by atoms with Crippen molar-refractivity contribution in [2.75, 3.05) is 0 Å². The lowest BCUT2D eigenvalue weighted by molar-refractivity contribution is 0.144. The molecule has 0 aliphatic heterocycles. The monoisotopic (exact) mass is 193 g/mol. The number of aliphatic hydroxyl groups is 1. The Morgan fingerprint density at radius 1 is 1.36 bits per heavy atom. The van der Waals surface area contributed by atoms with Crippen LogP contribution >= 0.6 is 0 Å². The molecular weight excluding hydrogens is 178 g/mol. The van der Waals surface area contributed by atoms with Crippen molar-refractivity contribution in [3.8, 4) is 5.75 Å². The van der Waals surface area contributed by atoms with E-state index in [1.165, 1.54) is 0 Å². The molecule has 0 fully saturated rings. The first-order valence-corrected chi connectivity index (χ1v) is 4.94. The van der Waals surface area contributed by atoms with E-state index in [-0.39, 0.29) is 11.8 Å². The van der Waals surface area contributed by atoms with Crippen molar-refractivity contribution in [1.82, 2.24) is 0 Å². The zero-order valence-corrected chi connectivity index (χ0v) is 7.98. The van der Waals surface area contributed by atoms with Crippen LogP contribution in [0, 0.1) is 0 Å². The molecule has 0 bridgehead atoms. The number of aliphatic hydroxyl groups excluding tert-OH is 1. The minimum Gasteiger partial charge on any atom is -0.508 e. The lowest BCUT2D eigenvalue weighted by atomic mass is 9.99. The summed E-state index contributed by atoms with van der Waals surface area (Å²) in [6.45, 7) is 0. The minimum atomic E-state index is -0.590. The lowest BCUT2D eigenvalue weighted by Crippen LogP contribution is -2.27. The van der Waals surface area contributed by atoms with Crippen LogP contribution in [0.5, 0.6) is 5.75 Å². The molecule has 14 heavy (non-hydrogen) atoms. The molecule has 0 radical (unpaired) electrons. The highest BCUT2D eigenvalue weighted by atomic mass is 16.3. The van der Waals surface area contributed by atoms with Gasteiger partial charge in [0.2, 0.25) is 0 Å². The molecule has 1 aromatic carbocycles. The Kier molecular flexibility index (Phi) is 2.44. The summed E-state index contributed by atoms with van der Waals surface area (Å²) in [5.41, 5.74) is 7.71. The standard InChI is InChI=1S/C11H15NO2/c12-10-3-1-2-7-6-8(13)4-5-9(7)11(10)14/h4-6,10-11,13-14H,1-3,12H2. The number of hydrogen-bond donors (Lipinski definition) is 3. The smallest absolute Gasteiger partial charge is 0.115 e. The molecule has 3 heteroatoms. The molecule has 1 aromatic rings. The molecule has 0 aromatic heterocycles. The van der Waals surface area contributed by atoms with E-state index in [0.29, 0.717) is 0 Å². The average Bonchev–Trinajstić information content (AvgIpc) is 2.28. The van der Waals surface area contributed by atoms with Crippen LogP contribution in [-0.2, 0) is 6.42 Å². The number of phenols is 1. The van der Waals surface area contributed by atoms with Gasteiger partial charge in [0.15, 0.2) is 0 Å². The topological polar surface area (TPSA) is 66.5 Å². The van der Waals surface area contributed by atoms with Gasteiger partial charge in [-0.1, -0.05) is 6.07 Å². The van der Waals surface area contributed by atoms with Crippen LogP contribution < -0.4 is 5.73 Å². The molecule has 2 unspecified atom stereocenters. The maximum absolute atomic E-state index is 9.89. The summed E-state index contributed by atoms with van der Waals surface area (Å²) in [6, 6.07) is 4.90. The SMILES string of the molecule is NC1CCCc2cc(O)ccc2C1O. The van der Waals surface area contributed by atoms with Gasteiger partial charge in [-0.25, -0.2) is 0 Å². The van der Waals surface area contributed by atoms with Gasteiger partial charge >= 0.3 is 0 Å². The fraction of sp³-hybridized carbons (Fsp3) is 0.455. The van der Waals surface area contributed by atoms with Gasteiger partial charge in [-0.15, -0.1) is 0 Å². The van der Waals surface area contributed by atoms with Crippen molar-refractivity contribution in [3.05, 3.63) is 29.3 Å². The van der Waals surface area contributed by atoms with Gasteiger partial charge in [-0.3, -0.25) is 0 Å². The first-order valence-electron chi connectivity index (χ1n) is 4.94. The van der Waals surface area contributed by atoms with Gasteiger partial charge in [0.1, 0.15) is 5.75 Å². The predicted molar refractivity (Wildman–Crippen MR) is 54.0 cm³/mol. The van der Waals surface area contributed by atoms with Crippen molar-refractivity contribution in [2.45, 2.75) is 31.4 Å². The molecule has 4 N–H and O–H groups in total. The van der Waals surface area contributed by atoms with Gasteiger partial charge in [-0.2, -0.15) is 0 Å². The molecule has 0 heterocycles. The van der Waals surface area contributed by atoms with Crippen LogP contribution in [0.3, 0.4) is 0 Å². The van der Waals surface area contributed by atoms with Crippen molar-refractivity contribution >= 4 is 0 Å². The number of aryl methyl sites for hydroxylation is 1. The van der Waals surface area contributed by atoms with E-state index in [1.54, 1.807) is 18.2 Å². The Hall–Kier alpha value is -1.06. The van der Waals surface area contributed by atoms with E-state index in [4.69, 9.17) is 5.73 Å². The summed E-state index contributed by atoms with van der Waals surface area (Å²) in [5.74, 6) is 0.256. The number of benzene rings is 1. The number of phenolic OH excluding ortho intramolecular Hbond substituents is 1. The molecule has 0 amide bonds. The molecular formula is C11H15NO2. The summed E-state index contributed by atoms with van der Waals surface area (Å²) < 4.78 is 0. The average molecular weight is 193 g/mol. The third-order valence-electron chi connectivity index (χ3n) is 2.83. The Morgan fingerprint density at radius 2 is 2.14 bits per heavy atom. The van der Waals surface area contributed by atoms with E-state index in [1.807, 2.05) is 0 Å². The molecule has 1 aliphatic carbocycles. The Labute approximate surface area is 83.2 Å². The number of aromatic hydroxyl groups is 1. The van der Waals surface area contributed by atoms with Crippen molar-refractivity contribution < 1.29 is 10.2 Å². The van der Waals surface area contributed by atoms with Crippen molar-refractivity contribution in [1.29, 1.82) is 0 Å². The quantitative estimate of drug-likeness (QED) is 0.540. The maximum Gasteiger partial charge on any atom is 0.115 e. The van der Waals surface area contributed by atoms with Crippen LogP contribution in [0.4, 0.5) is 0 Å². The molecule has 2 atom stereocenters. The highest BCUT2D eigenvalue weighted by Gasteiger charge is 2.22. The fourth-order valence-corrected chi connectivity index (χ4v) is 2.01. The molecule has 0 saturated heterocycles. The summed E-state index contributed by atoms with van der Waals surface area (Å²) in [4.78, 5) is 0. The molecule has 2 rings (SSSR count). The number of rotatable bonds is 0. The lowest BCUT2D eigenvalue weighted by Gasteiger charge is -2.17. The second-order valence-corrected chi connectivity index (χ2v) is 3.88. The molecule has 0 saturated carbocycles. The third-order valence-corrected chi connectivity index (χ3v) is 2.83. The van der Waals surface area contributed by atoms with Crippen LogP contribution in [0.15, 0.2) is 18.2 Å². The van der Waals surface area contributed by atoms with Crippen LogP contribution in [0.1, 0.15) is 30.1 Å². The summed E-state index contributed by atoms with van der Waals surface area (Å²) >= 11 is 0. The van der Waals surface area contributed by atoms with Crippen LogP contribution in [0.2, 0.25) is 0 Å². The zero-order valence-electron chi connectivity index (χ0n) is 7.98. The van der Waals surface area contributed by atoms with E-state index in [9.17, 15) is 10.2 Å². The molecule has 3 nitrogen and oxygen atoms in total. The van der Waals surface area contributed by atoms with E-state index in [0.717, 1.165) is 30.4 Å². The van der Waals surface area contributed by atoms with Gasteiger partial charge in [0.25, 0.3) is 0 Å². The van der Waals surface area contributed by atoms with Crippen LogP contribution in [0.25, 0.3) is 0 Å². The van der Waals surface area contributed by atoms with Gasteiger partial charge in [-0.05, 0) is 42.5 Å². The summed E-state index contributed by atoms with van der Waals surface area (Å²) in [7, 11) is 0. The van der Waals surface area contributed by atoms with Gasteiger partial charge < -0.3 is 15.9 Å². The largest absolute Gasteiger partial charge is 0.508 e. The second kappa shape index (κ2) is 3.59. The molecule has 1 aliphatic rings.